The van der Waals surface area contributed by atoms with Crippen LogP contribution in [0.15, 0.2) is 59.3 Å². The Bertz CT molecular complexity index is 1110. The van der Waals surface area contributed by atoms with Gasteiger partial charge >= 0.3 is 0 Å². The molecule has 2 aromatic rings. The number of anilines is 1. The molecule has 2 aliphatic heterocycles. The molecule has 4 rings (SSSR count). The van der Waals surface area contributed by atoms with Crippen LogP contribution in [0.3, 0.4) is 0 Å². The first-order valence-corrected chi connectivity index (χ1v) is 12.4. The van der Waals surface area contributed by atoms with Gasteiger partial charge in [0.1, 0.15) is 12.0 Å². The Labute approximate surface area is 208 Å². The SMILES string of the molecule is CC1=CC(C)=C(CNC(=O)c2cc(-c3ccc(CN(C)C)cc3)nc(N3CCCCC3)c2)C(O)N1. The minimum absolute atomic E-state index is 0.171. The largest absolute Gasteiger partial charge is 0.370 e. The van der Waals surface area contributed by atoms with Gasteiger partial charge in [0.15, 0.2) is 0 Å². The third-order valence-corrected chi connectivity index (χ3v) is 6.58. The highest BCUT2D eigenvalue weighted by molar-refractivity contribution is 5.96. The third kappa shape index (κ3) is 6.29. The molecule has 0 aliphatic carbocycles. The van der Waals surface area contributed by atoms with Gasteiger partial charge in [-0.05, 0) is 76.6 Å². The lowest BCUT2D eigenvalue weighted by Crippen LogP contribution is -2.38. The lowest BCUT2D eigenvalue weighted by atomic mass is 10.0. The molecule has 1 aromatic carbocycles. The van der Waals surface area contributed by atoms with E-state index in [1.165, 1.54) is 12.0 Å². The van der Waals surface area contributed by atoms with E-state index in [4.69, 9.17) is 4.98 Å². The molecule has 0 bridgehead atoms. The second-order valence-corrected chi connectivity index (χ2v) is 9.85. The number of allylic oxidation sites excluding steroid dienone is 3. The van der Waals surface area contributed by atoms with E-state index in [0.717, 1.165) is 66.4 Å². The molecule has 1 unspecified atom stereocenters. The molecule has 7 nitrogen and oxygen atoms in total. The van der Waals surface area contributed by atoms with Crippen molar-refractivity contribution in [2.24, 2.45) is 0 Å². The van der Waals surface area contributed by atoms with Gasteiger partial charge in [0.05, 0.1) is 5.69 Å². The number of rotatable bonds is 7. The molecule has 7 heteroatoms. The molecule has 0 saturated carbocycles. The van der Waals surface area contributed by atoms with Crippen LogP contribution in [0.5, 0.6) is 0 Å². The Kier molecular flexibility index (Phi) is 7.88. The average molecular weight is 476 g/mol. The van der Waals surface area contributed by atoms with Gasteiger partial charge < -0.3 is 25.5 Å². The maximum Gasteiger partial charge on any atom is 0.251 e. The van der Waals surface area contributed by atoms with E-state index < -0.39 is 6.23 Å². The molecule has 1 fully saturated rings. The summed E-state index contributed by atoms with van der Waals surface area (Å²) in [4.78, 5) is 22.6. The van der Waals surface area contributed by atoms with Crippen molar-refractivity contribution in [1.29, 1.82) is 0 Å². The van der Waals surface area contributed by atoms with Crippen LogP contribution >= 0.6 is 0 Å². The van der Waals surface area contributed by atoms with Crippen molar-refractivity contribution < 1.29 is 9.90 Å². The molecule has 1 saturated heterocycles. The number of carbonyl (C=O) groups is 1. The van der Waals surface area contributed by atoms with Crippen LogP contribution in [0.4, 0.5) is 5.82 Å². The molecule has 35 heavy (non-hydrogen) atoms. The van der Waals surface area contributed by atoms with Crippen LogP contribution in [0.2, 0.25) is 0 Å². The molecule has 3 heterocycles. The zero-order chi connectivity index (χ0) is 24.9. The maximum atomic E-state index is 13.3. The summed E-state index contributed by atoms with van der Waals surface area (Å²) in [5.41, 5.74) is 6.25. The van der Waals surface area contributed by atoms with E-state index in [-0.39, 0.29) is 12.5 Å². The standard InChI is InChI=1S/C28H37N5O2/c1-19-14-20(2)30-28(35)24(19)17-29-27(34)23-15-25(22-10-8-21(9-11-22)18-32(3)4)31-26(16-23)33-12-6-5-7-13-33/h8-11,14-16,28,30,35H,5-7,12-13,17-18H2,1-4H3,(H,29,34). The molecule has 2 aliphatic rings. The van der Waals surface area contributed by atoms with Gasteiger partial charge in [0.2, 0.25) is 0 Å². The quantitative estimate of drug-likeness (QED) is 0.567. The lowest BCUT2D eigenvalue weighted by molar-refractivity contribution is 0.0952. The van der Waals surface area contributed by atoms with Gasteiger partial charge in [-0.2, -0.15) is 0 Å². The van der Waals surface area contributed by atoms with Crippen molar-refractivity contribution in [3.63, 3.8) is 0 Å². The summed E-state index contributed by atoms with van der Waals surface area (Å²) in [7, 11) is 4.11. The van der Waals surface area contributed by atoms with Crippen molar-refractivity contribution in [2.45, 2.75) is 45.9 Å². The number of nitrogens with one attached hydrogen (secondary N) is 2. The summed E-state index contributed by atoms with van der Waals surface area (Å²) in [5.74, 6) is 0.674. The Hall–Kier alpha value is -3.16. The predicted molar refractivity (Wildman–Crippen MR) is 141 cm³/mol. The highest BCUT2D eigenvalue weighted by atomic mass is 16.3. The molecular formula is C28H37N5O2. The van der Waals surface area contributed by atoms with Crippen LogP contribution in [0.1, 0.15) is 49.0 Å². The number of amides is 1. The van der Waals surface area contributed by atoms with E-state index in [1.807, 2.05) is 32.1 Å². The lowest BCUT2D eigenvalue weighted by Gasteiger charge is -2.28. The molecular weight excluding hydrogens is 438 g/mol. The summed E-state index contributed by atoms with van der Waals surface area (Å²) < 4.78 is 0. The Balaban J connectivity index is 1.60. The van der Waals surface area contributed by atoms with Crippen LogP contribution in [0.25, 0.3) is 11.3 Å². The molecule has 186 valence electrons. The first-order valence-electron chi connectivity index (χ1n) is 12.4. The van der Waals surface area contributed by atoms with Gasteiger partial charge in [-0.3, -0.25) is 4.79 Å². The number of pyridine rings is 1. The zero-order valence-electron chi connectivity index (χ0n) is 21.3. The number of nitrogens with zero attached hydrogens (tertiary/aromatic N) is 3. The number of dihydropyridines is 1. The maximum absolute atomic E-state index is 13.3. The highest BCUT2D eigenvalue weighted by Crippen LogP contribution is 2.26. The van der Waals surface area contributed by atoms with E-state index in [2.05, 4.69) is 58.8 Å². The number of piperidine rings is 1. The Morgan fingerprint density at radius 3 is 2.51 bits per heavy atom. The summed E-state index contributed by atoms with van der Waals surface area (Å²) in [6.07, 6.45) is 4.69. The number of hydrogen-bond acceptors (Lipinski definition) is 6. The van der Waals surface area contributed by atoms with E-state index >= 15 is 0 Å². The van der Waals surface area contributed by atoms with E-state index in [1.54, 1.807) is 0 Å². The van der Waals surface area contributed by atoms with Crippen molar-refractivity contribution >= 4 is 11.7 Å². The van der Waals surface area contributed by atoms with Crippen molar-refractivity contribution in [3.8, 4) is 11.3 Å². The fourth-order valence-electron chi connectivity index (χ4n) is 4.72. The predicted octanol–water partition coefficient (Wildman–Crippen LogP) is 3.67. The van der Waals surface area contributed by atoms with Crippen molar-refractivity contribution in [2.75, 3.05) is 38.6 Å². The third-order valence-electron chi connectivity index (χ3n) is 6.58. The minimum atomic E-state index is -0.794. The van der Waals surface area contributed by atoms with E-state index in [9.17, 15) is 9.90 Å². The molecule has 1 aromatic heterocycles. The number of aliphatic hydroxyl groups excluding tert-OH is 1. The molecule has 1 amide bonds. The summed E-state index contributed by atoms with van der Waals surface area (Å²) in [6.45, 7) is 6.92. The fraction of sp³-hybridized carbons (Fsp3) is 0.429. The van der Waals surface area contributed by atoms with Gasteiger partial charge in [0.25, 0.3) is 5.91 Å². The van der Waals surface area contributed by atoms with Crippen molar-refractivity contribution in [1.82, 2.24) is 20.5 Å². The normalized spacial score (nSPS) is 18.4. The number of carbonyl (C=O) groups excluding carboxylic acids is 1. The smallest absolute Gasteiger partial charge is 0.251 e. The Morgan fingerprint density at radius 1 is 1.14 bits per heavy atom. The van der Waals surface area contributed by atoms with Crippen LogP contribution in [-0.2, 0) is 6.54 Å². The highest BCUT2D eigenvalue weighted by Gasteiger charge is 2.20. The Morgan fingerprint density at radius 2 is 1.86 bits per heavy atom. The summed E-state index contributed by atoms with van der Waals surface area (Å²) >= 11 is 0. The van der Waals surface area contributed by atoms with Gasteiger partial charge in [-0.1, -0.05) is 24.3 Å². The number of aliphatic hydroxyl groups is 1. The fourth-order valence-corrected chi connectivity index (χ4v) is 4.72. The van der Waals surface area contributed by atoms with Gasteiger partial charge in [-0.25, -0.2) is 4.98 Å². The molecule has 1 atom stereocenters. The van der Waals surface area contributed by atoms with E-state index in [0.29, 0.717) is 5.56 Å². The summed E-state index contributed by atoms with van der Waals surface area (Å²) in [6, 6.07) is 12.2. The molecule has 0 spiro atoms. The molecule has 0 radical (unpaired) electrons. The zero-order valence-corrected chi connectivity index (χ0v) is 21.3. The first-order chi connectivity index (χ1) is 16.8. The number of hydrogen-bond donors (Lipinski definition) is 3. The van der Waals surface area contributed by atoms with Crippen LogP contribution < -0.4 is 15.5 Å². The number of benzene rings is 1. The van der Waals surface area contributed by atoms with Crippen LogP contribution in [-0.4, -0.2) is 60.9 Å². The topological polar surface area (TPSA) is 80.7 Å². The minimum Gasteiger partial charge on any atom is -0.370 e. The van der Waals surface area contributed by atoms with Crippen molar-refractivity contribution in [3.05, 3.63) is 70.4 Å². The number of aromatic nitrogens is 1. The second-order valence-electron chi connectivity index (χ2n) is 9.85. The molecule has 3 N–H and O–H groups in total. The average Bonchev–Trinajstić information content (AvgIpc) is 2.83. The first kappa shape index (κ1) is 24.9. The van der Waals surface area contributed by atoms with Crippen LogP contribution in [0, 0.1) is 0 Å². The summed E-state index contributed by atoms with van der Waals surface area (Å²) in [5, 5.41) is 16.4. The van der Waals surface area contributed by atoms with Gasteiger partial charge in [-0.15, -0.1) is 0 Å². The second kappa shape index (κ2) is 11.1. The van der Waals surface area contributed by atoms with Gasteiger partial charge in [0, 0.05) is 48.6 Å². The monoisotopic (exact) mass is 475 g/mol.